The van der Waals surface area contributed by atoms with Crippen LogP contribution in [0.3, 0.4) is 0 Å². The summed E-state index contributed by atoms with van der Waals surface area (Å²) in [5, 5.41) is 16.9. The standard InChI is InChI=1S/C13H24N7/c1-7-11-15-17-13(19(11)9-20(4,5)6)8-12-16-14-10(2)18(12)3/h7-9H2,1-6H3/q+1. The minimum atomic E-state index is 0.657. The van der Waals surface area contributed by atoms with E-state index in [1.807, 2.05) is 18.5 Å². The average Bonchev–Trinajstić information content (AvgIpc) is 2.86. The highest BCUT2D eigenvalue weighted by atomic mass is 15.4. The monoisotopic (exact) mass is 278 g/mol. The summed E-state index contributed by atoms with van der Waals surface area (Å²) in [7, 11) is 8.47. The first kappa shape index (κ1) is 14.6. The third-order valence-electron chi connectivity index (χ3n) is 3.28. The molecule has 0 aliphatic rings. The van der Waals surface area contributed by atoms with Crippen LogP contribution < -0.4 is 0 Å². The molecule has 0 aliphatic heterocycles. The maximum absolute atomic E-state index is 4.34. The van der Waals surface area contributed by atoms with Gasteiger partial charge in [-0.15, -0.1) is 20.4 Å². The Labute approximate surface area is 119 Å². The molecule has 0 unspecified atom stereocenters. The molecule has 0 saturated carbocycles. The van der Waals surface area contributed by atoms with Crippen molar-refractivity contribution < 1.29 is 4.48 Å². The second-order valence-electron chi connectivity index (χ2n) is 6.15. The molecule has 110 valence electrons. The van der Waals surface area contributed by atoms with Crippen molar-refractivity contribution in [1.82, 2.24) is 29.5 Å². The Bertz CT molecular complexity index is 588. The minimum absolute atomic E-state index is 0.657. The molecule has 7 nitrogen and oxygen atoms in total. The van der Waals surface area contributed by atoms with E-state index in [9.17, 15) is 0 Å². The van der Waals surface area contributed by atoms with E-state index in [0.717, 1.165) is 40.9 Å². The lowest BCUT2D eigenvalue weighted by atomic mass is 10.3. The molecule has 20 heavy (non-hydrogen) atoms. The van der Waals surface area contributed by atoms with Crippen LogP contribution in [-0.2, 0) is 26.6 Å². The normalized spacial score (nSPS) is 12.1. The summed E-state index contributed by atoms with van der Waals surface area (Å²) in [6, 6.07) is 0. The molecular weight excluding hydrogens is 254 g/mol. The zero-order valence-electron chi connectivity index (χ0n) is 13.3. The third-order valence-corrected chi connectivity index (χ3v) is 3.28. The highest BCUT2D eigenvalue weighted by molar-refractivity contribution is 5.05. The number of quaternary nitrogens is 1. The second kappa shape index (κ2) is 5.32. The fraction of sp³-hybridized carbons (Fsp3) is 0.692. The van der Waals surface area contributed by atoms with Crippen LogP contribution in [0.4, 0.5) is 0 Å². The van der Waals surface area contributed by atoms with Crippen molar-refractivity contribution in [3.05, 3.63) is 23.3 Å². The maximum atomic E-state index is 4.34. The minimum Gasteiger partial charge on any atom is -0.318 e. The molecule has 2 heterocycles. The summed E-state index contributed by atoms with van der Waals surface area (Å²) in [6.45, 7) is 4.90. The molecule has 0 bridgehead atoms. The van der Waals surface area contributed by atoms with Gasteiger partial charge in [0.25, 0.3) is 0 Å². The van der Waals surface area contributed by atoms with Crippen LogP contribution in [0.2, 0.25) is 0 Å². The number of hydrogen-bond donors (Lipinski definition) is 0. The van der Waals surface area contributed by atoms with Gasteiger partial charge in [0, 0.05) is 13.5 Å². The SMILES string of the molecule is CCc1nnc(Cc2nnc(C)n2C)n1C[N+](C)(C)C. The van der Waals surface area contributed by atoms with Gasteiger partial charge in [-0.2, -0.15) is 0 Å². The van der Waals surface area contributed by atoms with Gasteiger partial charge in [-0.1, -0.05) is 6.92 Å². The summed E-state index contributed by atoms with van der Waals surface area (Å²) in [5.74, 6) is 3.80. The van der Waals surface area contributed by atoms with Gasteiger partial charge in [0.2, 0.25) is 0 Å². The number of nitrogens with zero attached hydrogens (tertiary/aromatic N) is 7. The fourth-order valence-electron chi connectivity index (χ4n) is 2.10. The van der Waals surface area contributed by atoms with E-state index in [1.165, 1.54) is 0 Å². The van der Waals surface area contributed by atoms with Gasteiger partial charge < -0.3 is 9.05 Å². The van der Waals surface area contributed by atoms with Crippen LogP contribution in [0.15, 0.2) is 0 Å². The first-order valence-electron chi connectivity index (χ1n) is 6.88. The van der Waals surface area contributed by atoms with Gasteiger partial charge in [-0.25, -0.2) is 0 Å². The van der Waals surface area contributed by atoms with Gasteiger partial charge in [0.15, 0.2) is 6.67 Å². The Morgan fingerprint density at radius 2 is 1.55 bits per heavy atom. The molecular formula is C13H24N7+. The lowest BCUT2D eigenvalue weighted by molar-refractivity contribution is -0.893. The molecule has 7 heteroatoms. The highest BCUT2D eigenvalue weighted by Crippen LogP contribution is 2.11. The summed E-state index contributed by atoms with van der Waals surface area (Å²) < 4.78 is 5.02. The van der Waals surface area contributed by atoms with Crippen LogP contribution in [0.25, 0.3) is 0 Å². The predicted molar refractivity (Wildman–Crippen MR) is 76.0 cm³/mol. The van der Waals surface area contributed by atoms with Crippen molar-refractivity contribution in [2.75, 3.05) is 21.1 Å². The van der Waals surface area contributed by atoms with E-state index in [-0.39, 0.29) is 0 Å². The Kier molecular flexibility index (Phi) is 3.89. The van der Waals surface area contributed by atoms with Crippen molar-refractivity contribution in [3.8, 4) is 0 Å². The molecule has 0 aromatic carbocycles. The summed E-state index contributed by atoms with van der Waals surface area (Å²) in [6.07, 6.45) is 1.54. The Morgan fingerprint density at radius 3 is 2.05 bits per heavy atom. The number of aryl methyl sites for hydroxylation is 2. The Balaban J connectivity index is 2.32. The number of hydrogen-bond acceptors (Lipinski definition) is 4. The zero-order valence-corrected chi connectivity index (χ0v) is 13.3. The molecule has 0 N–H and O–H groups in total. The maximum Gasteiger partial charge on any atom is 0.160 e. The van der Waals surface area contributed by atoms with E-state index in [2.05, 4.69) is 53.0 Å². The summed E-state index contributed by atoms with van der Waals surface area (Å²) >= 11 is 0. The molecule has 2 aromatic rings. The molecule has 2 aromatic heterocycles. The van der Waals surface area contributed by atoms with E-state index in [0.29, 0.717) is 6.42 Å². The van der Waals surface area contributed by atoms with Gasteiger partial charge in [-0.3, -0.25) is 4.57 Å². The molecule has 2 rings (SSSR count). The summed E-state index contributed by atoms with van der Waals surface area (Å²) in [4.78, 5) is 0. The Hall–Kier alpha value is -1.76. The molecule has 0 fully saturated rings. The average molecular weight is 278 g/mol. The first-order chi connectivity index (χ1) is 9.31. The second-order valence-corrected chi connectivity index (χ2v) is 6.15. The largest absolute Gasteiger partial charge is 0.318 e. The van der Waals surface area contributed by atoms with Gasteiger partial charge >= 0.3 is 0 Å². The molecule has 0 radical (unpaired) electrons. The Morgan fingerprint density at radius 1 is 0.950 bits per heavy atom. The molecule has 0 spiro atoms. The predicted octanol–water partition coefficient (Wildman–Crippen LogP) is 0.532. The zero-order chi connectivity index (χ0) is 14.9. The summed E-state index contributed by atoms with van der Waals surface area (Å²) in [5.41, 5.74) is 0. The van der Waals surface area contributed by atoms with E-state index < -0.39 is 0 Å². The third kappa shape index (κ3) is 3.04. The van der Waals surface area contributed by atoms with E-state index in [1.54, 1.807) is 0 Å². The van der Waals surface area contributed by atoms with E-state index >= 15 is 0 Å². The van der Waals surface area contributed by atoms with Crippen molar-refractivity contribution >= 4 is 0 Å². The van der Waals surface area contributed by atoms with Gasteiger partial charge in [-0.05, 0) is 6.92 Å². The lowest BCUT2D eigenvalue weighted by Crippen LogP contribution is -2.37. The van der Waals surface area contributed by atoms with Crippen molar-refractivity contribution in [2.45, 2.75) is 33.4 Å². The van der Waals surface area contributed by atoms with Gasteiger partial charge in [0.05, 0.1) is 27.6 Å². The molecule has 0 aliphatic carbocycles. The van der Waals surface area contributed by atoms with Crippen LogP contribution in [0.5, 0.6) is 0 Å². The van der Waals surface area contributed by atoms with Crippen molar-refractivity contribution in [3.63, 3.8) is 0 Å². The molecule has 0 saturated heterocycles. The topological polar surface area (TPSA) is 61.4 Å². The highest BCUT2D eigenvalue weighted by Gasteiger charge is 2.19. The van der Waals surface area contributed by atoms with E-state index in [4.69, 9.17) is 0 Å². The van der Waals surface area contributed by atoms with Crippen LogP contribution in [0.1, 0.15) is 30.2 Å². The smallest absolute Gasteiger partial charge is 0.160 e. The van der Waals surface area contributed by atoms with Gasteiger partial charge in [0.1, 0.15) is 23.3 Å². The molecule has 0 amide bonds. The van der Waals surface area contributed by atoms with Crippen molar-refractivity contribution in [2.24, 2.45) is 7.05 Å². The number of aromatic nitrogens is 6. The quantitative estimate of drug-likeness (QED) is 0.749. The first-order valence-corrected chi connectivity index (χ1v) is 6.88. The van der Waals surface area contributed by atoms with Crippen LogP contribution in [0, 0.1) is 6.92 Å². The number of rotatable bonds is 5. The van der Waals surface area contributed by atoms with Crippen LogP contribution >= 0.6 is 0 Å². The lowest BCUT2D eigenvalue weighted by Gasteiger charge is -2.25. The fourth-order valence-corrected chi connectivity index (χ4v) is 2.10. The van der Waals surface area contributed by atoms with Crippen molar-refractivity contribution in [1.29, 1.82) is 0 Å². The van der Waals surface area contributed by atoms with Crippen LogP contribution in [-0.4, -0.2) is 55.2 Å². The molecule has 0 atom stereocenters.